The Morgan fingerprint density at radius 1 is 1.00 bits per heavy atom. The minimum absolute atomic E-state index is 0.0772. The molecule has 0 radical (unpaired) electrons. The summed E-state index contributed by atoms with van der Waals surface area (Å²) in [7, 11) is 0. The molecule has 1 saturated heterocycles. The van der Waals surface area contributed by atoms with Crippen LogP contribution in [0.1, 0.15) is 40.6 Å². The summed E-state index contributed by atoms with van der Waals surface area (Å²) in [4.78, 5) is 41.9. The summed E-state index contributed by atoms with van der Waals surface area (Å²) in [6.07, 6.45) is 3.48. The van der Waals surface area contributed by atoms with Gasteiger partial charge in [-0.25, -0.2) is 0 Å². The molecule has 0 unspecified atom stereocenters. The summed E-state index contributed by atoms with van der Waals surface area (Å²) in [5.41, 5.74) is 1.74. The van der Waals surface area contributed by atoms with Gasteiger partial charge in [0, 0.05) is 43.1 Å². The van der Waals surface area contributed by atoms with Crippen LogP contribution in [0.3, 0.4) is 0 Å². The number of amides is 3. The molecular formula is C19H20N4O3. The number of carbonyl (C=O) groups excluding carboxylic acids is 3. The predicted molar refractivity (Wildman–Crippen MR) is 98.1 cm³/mol. The van der Waals surface area contributed by atoms with Crippen LogP contribution in [-0.2, 0) is 4.79 Å². The number of rotatable bonds is 4. The second-order valence-electron chi connectivity index (χ2n) is 6.15. The lowest BCUT2D eigenvalue weighted by molar-refractivity contribution is -0.114. The number of likely N-dealkylation sites (tertiary alicyclic amines) is 1. The third-order valence-corrected chi connectivity index (χ3v) is 4.07. The second kappa shape index (κ2) is 7.77. The largest absolute Gasteiger partial charge is 0.339 e. The Labute approximate surface area is 151 Å². The van der Waals surface area contributed by atoms with Gasteiger partial charge in [0.05, 0.1) is 0 Å². The van der Waals surface area contributed by atoms with Crippen LogP contribution in [0.5, 0.6) is 0 Å². The maximum absolute atomic E-state index is 12.5. The third kappa shape index (κ3) is 4.24. The molecule has 2 aromatic rings. The maximum atomic E-state index is 12.5. The second-order valence-corrected chi connectivity index (χ2v) is 6.15. The van der Waals surface area contributed by atoms with Crippen LogP contribution in [0, 0.1) is 0 Å². The van der Waals surface area contributed by atoms with E-state index in [0.717, 1.165) is 25.9 Å². The summed E-state index contributed by atoms with van der Waals surface area (Å²) in [6.45, 7) is 2.91. The Morgan fingerprint density at radius 2 is 1.69 bits per heavy atom. The summed E-state index contributed by atoms with van der Waals surface area (Å²) in [5, 5.41) is 5.39. The Morgan fingerprint density at radius 3 is 2.38 bits per heavy atom. The first-order valence-electron chi connectivity index (χ1n) is 8.47. The lowest BCUT2D eigenvalue weighted by Crippen LogP contribution is -2.28. The number of pyridine rings is 1. The smallest absolute Gasteiger partial charge is 0.274 e. The first-order valence-corrected chi connectivity index (χ1v) is 8.47. The SMILES string of the molecule is CC(=O)Nc1cccc(NC(=O)c2cc(C(=O)N3CCCC3)ccn2)c1. The fourth-order valence-corrected chi connectivity index (χ4v) is 2.86. The van der Waals surface area contributed by atoms with Gasteiger partial charge in [0.1, 0.15) is 5.69 Å². The van der Waals surface area contributed by atoms with Crippen LogP contribution in [-0.4, -0.2) is 40.7 Å². The maximum Gasteiger partial charge on any atom is 0.274 e. The van der Waals surface area contributed by atoms with E-state index in [1.807, 2.05) is 0 Å². The highest BCUT2D eigenvalue weighted by atomic mass is 16.2. The highest BCUT2D eigenvalue weighted by Crippen LogP contribution is 2.17. The molecule has 1 aromatic heterocycles. The average molecular weight is 352 g/mol. The molecule has 3 rings (SSSR count). The molecule has 0 bridgehead atoms. The number of carbonyl (C=O) groups is 3. The van der Waals surface area contributed by atoms with E-state index in [1.165, 1.54) is 19.2 Å². The zero-order valence-corrected chi connectivity index (χ0v) is 14.5. The summed E-state index contributed by atoms with van der Waals surface area (Å²) in [6, 6.07) is 9.94. The van der Waals surface area contributed by atoms with Crippen molar-refractivity contribution in [3.05, 3.63) is 53.9 Å². The van der Waals surface area contributed by atoms with E-state index >= 15 is 0 Å². The van der Waals surface area contributed by atoms with Crippen molar-refractivity contribution in [1.82, 2.24) is 9.88 Å². The van der Waals surface area contributed by atoms with E-state index in [1.54, 1.807) is 35.2 Å². The number of aromatic nitrogens is 1. The number of anilines is 2. The molecule has 2 N–H and O–H groups in total. The molecule has 0 aliphatic carbocycles. The van der Waals surface area contributed by atoms with Gasteiger partial charge < -0.3 is 15.5 Å². The fraction of sp³-hybridized carbons (Fsp3) is 0.263. The third-order valence-electron chi connectivity index (χ3n) is 4.07. The van der Waals surface area contributed by atoms with Crippen molar-refractivity contribution in [2.24, 2.45) is 0 Å². The van der Waals surface area contributed by atoms with Gasteiger partial charge in [0.25, 0.3) is 11.8 Å². The normalized spacial score (nSPS) is 13.3. The molecule has 2 heterocycles. The Bertz CT molecular complexity index is 844. The van der Waals surface area contributed by atoms with E-state index in [9.17, 15) is 14.4 Å². The Hall–Kier alpha value is -3.22. The van der Waals surface area contributed by atoms with E-state index in [2.05, 4.69) is 15.6 Å². The standard InChI is InChI=1S/C19H20N4O3/c1-13(24)21-15-5-4-6-16(12-15)22-18(25)17-11-14(7-8-20-17)19(26)23-9-2-3-10-23/h4-8,11-12H,2-3,9-10H2,1H3,(H,21,24)(H,22,25). The van der Waals surface area contributed by atoms with Crippen molar-refractivity contribution in [3.63, 3.8) is 0 Å². The average Bonchev–Trinajstić information content (AvgIpc) is 3.15. The van der Waals surface area contributed by atoms with Crippen molar-refractivity contribution in [1.29, 1.82) is 0 Å². The molecular weight excluding hydrogens is 332 g/mol. The molecule has 0 atom stereocenters. The quantitative estimate of drug-likeness (QED) is 0.884. The zero-order valence-electron chi connectivity index (χ0n) is 14.5. The number of benzene rings is 1. The van der Waals surface area contributed by atoms with Gasteiger partial charge in [-0.15, -0.1) is 0 Å². The highest BCUT2D eigenvalue weighted by molar-refractivity contribution is 6.05. The van der Waals surface area contributed by atoms with Gasteiger partial charge in [-0.05, 0) is 43.2 Å². The van der Waals surface area contributed by atoms with Gasteiger partial charge in [0.15, 0.2) is 0 Å². The molecule has 1 aromatic carbocycles. The van der Waals surface area contributed by atoms with E-state index in [0.29, 0.717) is 16.9 Å². The van der Waals surface area contributed by atoms with Crippen LogP contribution in [0.15, 0.2) is 42.6 Å². The molecule has 7 heteroatoms. The molecule has 1 fully saturated rings. The fourth-order valence-electron chi connectivity index (χ4n) is 2.86. The lowest BCUT2D eigenvalue weighted by Gasteiger charge is -2.15. The topological polar surface area (TPSA) is 91.4 Å². The molecule has 1 aliphatic rings. The molecule has 7 nitrogen and oxygen atoms in total. The van der Waals surface area contributed by atoms with Crippen LogP contribution in [0.25, 0.3) is 0 Å². The van der Waals surface area contributed by atoms with Gasteiger partial charge in [-0.1, -0.05) is 6.07 Å². The number of hydrogen-bond acceptors (Lipinski definition) is 4. The van der Waals surface area contributed by atoms with Gasteiger partial charge >= 0.3 is 0 Å². The van der Waals surface area contributed by atoms with Crippen molar-refractivity contribution < 1.29 is 14.4 Å². The van der Waals surface area contributed by atoms with Crippen molar-refractivity contribution in [2.75, 3.05) is 23.7 Å². The molecule has 1 aliphatic heterocycles. The first kappa shape index (κ1) is 17.6. The van der Waals surface area contributed by atoms with Crippen LogP contribution >= 0.6 is 0 Å². The van der Waals surface area contributed by atoms with E-state index < -0.39 is 5.91 Å². The van der Waals surface area contributed by atoms with Crippen molar-refractivity contribution >= 4 is 29.1 Å². The molecule has 26 heavy (non-hydrogen) atoms. The van der Waals surface area contributed by atoms with Crippen LogP contribution in [0.2, 0.25) is 0 Å². The molecule has 3 amide bonds. The summed E-state index contributed by atoms with van der Waals surface area (Å²) in [5.74, 6) is -0.684. The minimum atomic E-state index is -0.416. The minimum Gasteiger partial charge on any atom is -0.339 e. The highest BCUT2D eigenvalue weighted by Gasteiger charge is 2.20. The Kier molecular flexibility index (Phi) is 5.26. The zero-order chi connectivity index (χ0) is 18.5. The van der Waals surface area contributed by atoms with E-state index in [4.69, 9.17) is 0 Å². The van der Waals surface area contributed by atoms with Crippen LogP contribution < -0.4 is 10.6 Å². The number of hydrogen-bond donors (Lipinski definition) is 2. The van der Waals surface area contributed by atoms with Gasteiger partial charge in [0.2, 0.25) is 5.91 Å². The number of nitrogens with zero attached hydrogens (tertiary/aromatic N) is 2. The molecule has 134 valence electrons. The van der Waals surface area contributed by atoms with Crippen molar-refractivity contribution in [3.8, 4) is 0 Å². The lowest BCUT2D eigenvalue weighted by atomic mass is 10.2. The first-order chi connectivity index (χ1) is 12.5. The van der Waals surface area contributed by atoms with Gasteiger partial charge in [-0.2, -0.15) is 0 Å². The predicted octanol–water partition coefficient (Wildman–Crippen LogP) is 2.53. The van der Waals surface area contributed by atoms with Gasteiger partial charge in [-0.3, -0.25) is 19.4 Å². The summed E-state index contributed by atoms with van der Waals surface area (Å²) < 4.78 is 0. The number of nitrogens with one attached hydrogen (secondary N) is 2. The molecule has 0 saturated carbocycles. The monoisotopic (exact) mass is 352 g/mol. The van der Waals surface area contributed by atoms with Crippen molar-refractivity contribution in [2.45, 2.75) is 19.8 Å². The molecule has 0 spiro atoms. The summed E-state index contributed by atoms with van der Waals surface area (Å²) >= 11 is 0. The van der Waals surface area contributed by atoms with E-state index in [-0.39, 0.29) is 17.5 Å². The van der Waals surface area contributed by atoms with Crippen LogP contribution in [0.4, 0.5) is 11.4 Å². The Balaban J connectivity index is 1.73.